The molecular weight excluding hydrogens is 368 g/mol. The number of H-pyrrole nitrogens is 1. The van der Waals surface area contributed by atoms with Gasteiger partial charge in [-0.25, -0.2) is 4.68 Å². The van der Waals surface area contributed by atoms with Crippen LogP contribution in [0.5, 0.6) is 0 Å². The molecule has 0 bridgehead atoms. The molecule has 0 saturated carbocycles. The third-order valence-electron chi connectivity index (χ3n) is 5.93. The number of aromatic nitrogens is 4. The molecule has 1 N–H and O–H groups in total. The number of aromatic amines is 1. The number of anilines is 1. The minimum atomic E-state index is -0.0141. The Kier molecular flexibility index (Phi) is 5.03. The quantitative estimate of drug-likeness (QED) is 0.727. The van der Waals surface area contributed by atoms with Crippen LogP contribution in [-0.2, 0) is 11.3 Å². The zero-order chi connectivity index (χ0) is 19.6. The SMILES string of the molecule is O=c1cc(N2CCOCC2)cnn1[C@H]1CCCN(Cc2ccc3cn[nH]c3c2)C1. The van der Waals surface area contributed by atoms with Crippen molar-refractivity contribution in [3.05, 3.63) is 52.6 Å². The molecule has 3 aromatic rings. The first-order valence-corrected chi connectivity index (χ1v) is 10.3. The van der Waals surface area contributed by atoms with Crippen LogP contribution in [0.15, 0.2) is 41.5 Å². The number of fused-ring (bicyclic) bond motifs is 1. The van der Waals surface area contributed by atoms with Crippen molar-refractivity contribution >= 4 is 16.6 Å². The lowest BCUT2D eigenvalue weighted by molar-refractivity contribution is 0.122. The van der Waals surface area contributed by atoms with E-state index in [1.807, 2.05) is 12.4 Å². The van der Waals surface area contributed by atoms with E-state index < -0.39 is 0 Å². The molecule has 1 aromatic carbocycles. The summed E-state index contributed by atoms with van der Waals surface area (Å²) in [5.74, 6) is 0. The lowest BCUT2D eigenvalue weighted by Crippen LogP contribution is -2.41. The van der Waals surface area contributed by atoms with Crippen LogP contribution in [0.1, 0.15) is 24.4 Å². The van der Waals surface area contributed by atoms with Gasteiger partial charge in [-0.1, -0.05) is 12.1 Å². The number of nitrogens with zero attached hydrogens (tertiary/aromatic N) is 5. The van der Waals surface area contributed by atoms with E-state index in [9.17, 15) is 4.79 Å². The fraction of sp³-hybridized carbons (Fsp3) is 0.476. The Bertz CT molecular complexity index is 1040. The smallest absolute Gasteiger partial charge is 0.269 e. The second-order valence-electron chi connectivity index (χ2n) is 7.92. The highest BCUT2D eigenvalue weighted by molar-refractivity contribution is 5.78. The van der Waals surface area contributed by atoms with Gasteiger partial charge in [-0.05, 0) is 31.0 Å². The summed E-state index contributed by atoms with van der Waals surface area (Å²) in [6.07, 6.45) is 5.72. The number of likely N-dealkylation sites (tertiary alicyclic amines) is 1. The highest BCUT2D eigenvalue weighted by Gasteiger charge is 2.23. The van der Waals surface area contributed by atoms with Gasteiger partial charge in [0.2, 0.25) is 0 Å². The summed E-state index contributed by atoms with van der Waals surface area (Å²) in [5, 5.41) is 12.8. The van der Waals surface area contributed by atoms with Crippen molar-refractivity contribution < 1.29 is 4.74 Å². The van der Waals surface area contributed by atoms with Crippen LogP contribution >= 0.6 is 0 Å². The average Bonchev–Trinajstić information content (AvgIpc) is 3.22. The summed E-state index contributed by atoms with van der Waals surface area (Å²) in [5.41, 5.74) is 3.20. The molecule has 4 heterocycles. The third-order valence-corrected chi connectivity index (χ3v) is 5.93. The second-order valence-corrected chi connectivity index (χ2v) is 7.92. The van der Waals surface area contributed by atoms with E-state index >= 15 is 0 Å². The Balaban J connectivity index is 1.29. The molecular formula is C21H26N6O2. The van der Waals surface area contributed by atoms with Gasteiger partial charge in [-0.15, -0.1) is 0 Å². The molecule has 2 fully saturated rings. The fourth-order valence-electron chi connectivity index (χ4n) is 4.39. The first-order valence-electron chi connectivity index (χ1n) is 10.3. The predicted molar refractivity (Wildman–Crippen MR) is 111 cm³/mol. The summed E-state index contributed by atoms with van der Waals surface area (Å²) in [6.45, 7) is 5.76. The molecule has 29 heavy (non-hydrogen) atoms. The molecule has 0 unspecified atom stereocenters. The Morgan fingerprint density at radius 2 is 2.03 bits per heavy atom. The lowest BCUT2D eigenvalue weighted by Gasteiger charge is -2.33. The van der Waals surface area contributed by atoms with Crippen LogP contribution in [0.3, 0.4) is 0 Å². The molecule has 8 nitrogen and oxygen atoms in total. The van der Waals surface area contributed by atoms with E-state index in [-0.39, 0.29) is 11.6 Å². The number of piperidine rings is 1. The minimum Gasteiger partial charge on any atom is -0.378 e. The monoisotopic (exact) mass is 394 g/mol. The molecule has 2 aliphatic heterocycles. The Labute approximate surface area is 169 Å². The normalized spacial score (nSPS) is 21.0. The lowest BCUT2D eigenvalue weighted by atomic mass is 10.0. The molecule has 152 valence electrons. The molecule has 2 saturated heterocycles. The molecule has 2 aromatic heterocycles. The maximum Gasteiger partial charge on any atom is 0.269 e. The maximum atomic E-state index is 12.8. The molecule has 0 radical (unpaired) electrons. The van der Waals surface area contributed by atoms with Gasteiger partial charge in [0.25, 0.3) is 5.56 Å². The number of benzene rings is 1. The Morgan fingerprint density at radius 1 is 1.14 bits per heavy atom. The summed E-state index contributed by atoms with van der Waals surface area (Å²) in [6, 6.07) is 8.26. The van der Waals surface area contributed by atoms with E-state index in [1.165, 1.54) is 5.56 Å². The Morgan fingerprint density at radius 3 is 2.90 bits per heavy atom. The van der Waals surface area contributed by atoms with E-state index in [4.69, 9.17) is 4.74 Å². The van der Waals surface area contributed by atoms with Crippen molar-refractivity contribution in [2.24, 2.45) is 0 Å². The van der Waals surface area contributed by atoms with Gasteiger partial charge in [0.05, 0.1) is 42.9 Å². The summed E-state index contributed by atoms with van der Waals surface area (Å²) >= 11 is 0. The molecule has 8 heteroatoms. The van der Waals surface area contributed by atoms with Crippen LogP contribution in [0.25, 0.3) is 10.9 Å². The number of morpholine rings is 1. The maximum absolute atomic E-state index is 12.8. The van der Waals surface area contributed by atoms with Crippen LogP contribution in [-0.4, -0.2) is 64.3 Å². The van der Waals surface area contributed by atoms with Crippen molar-refractivity contribution in [3.8, 4) is 0 Å². The first-order chi connectivity index (χ1) is 14.3. The third kappa shape index (κ3) is 3.90. The second kappa shape index (κ2) is 7.96. The van der Waals surface area contributed by atoms with Gasteiger partial charge in [0, 0.05) is 37.6 Å². The molecule has 1 atom stereocenters. The number of nitrogens with one attached hydrogen (secondary N) is 1. The van der Waals surface area contributed by atoms with E-state index in [0.29, 0.717) is 13.2 Å². The molecule has 0 amide bonds. The van der Waals surface area contributed by atoms with E-state index in [0.717, 1.165) is 62.2 Å². The van der Waals surface area contributed by atoms with Gasteiger partial charge in [0.15, 0.2) is 0 Å². The van der Waals surface area contributed by atoms with Crippen molar-refractivity contribution in [1.82, 2.24) is 24.9 Å². The van der Waals surface area contributed by atoms with Gasteiger partial charge in [-0.3, -0.25) is 14.8 Å². The van der Waals surface area contributed by atoms with Crippen molar-refractivity contribution in [2.75, 3.05) is 44.3 Å². The van der Waals surface area contributed by atoms with Crippen LogP contribution < -0.4 is 10.5 Å². The number of ether oxygens (including phenoxy) is 1. The summed E-state index contributed by atoms with van der Waals surface area (Å²) < 4.78 is 7.07. The molecule has 5 rings (SSSR count). The fourth-order valence-corrected chi connectivity index (χ4v) is 4.39. The van der Waals surface area contributed by atoms with E-state index in [1.54, 1.807) is 10.7 Å². The van der Waals surface area contributed by atoms with E-state index in [2.05, 4.69) is 43.3 Å². The summed E-state index contributed by atoms with van der Waals surface area (Å²) in [7, 11) is 0. The first kappa shape index (κ1) is 18.3. The largest absolute Gasteiger partial charge is 0.378 e. The standard InChI is InChI=1S/C21H26N6O2/c28-21-11-19(26-6-8-29-9-7-26)13-23-27(21)18-2-1-5-25(15-18)14-16-3-4-17-12-22-24-20(17)10-16/h3-4,10-13,18H,1-2,5-9,14-15H2,(H,22,24)/t18-/m0/s1. The summed E-state index contributed by atoms with van der Waals surface area (Å²) in [4.78, 5) is 17.4. The molecule has 0 aliphatic carbocycles. The highest BCUT2D eigenvalue weighted by atomic mass is 16.5. The Hall–Kier alpha value is -2.71. The van der Waals surface area contributed by atoms with Crippen molar-refractivity contribution in [3.63, 3.8) is 0 Å². The zero-order valence-electron chi connectivity index (χ0n) is 16.5. The van der Waals surface area contributed by atoms with Gasteiger partial charge in [0.1, 0.15) is 0 Å². The van der Waals surface area contributed by atoms with Crippen LogP contribution in [0, 0.1) is 0 Å². The predicted octanol–water partition coefficient (Wildman–Crippen LogP) is 1.79. The minimum absolute atomic E-state index is 0.0141. The zero-order valence-corrected chi connectivity index (χ0v) is 16.5. The topological polar surface area (TPSA) is 79.3 Å². The molecule has 0 spiro atoms. The van der Waals surface area contributed by atoms with Gasteiger partial charge >= 0.3 is 0 Å². The van der Waals surface area contributed by atoms with Crippen molar-refractivity contribution in [1.29, 1.82) is 0 Å². The van der Waals surface area contributed by atoms with Crippen LogP contribution in [0.2, 0.25) is 0 Å². The van der Waals surface area contributed by atoms with Gasteiger partial charge < -0.3 is 9.64 Å². The number of hydrogen-bond donors (Lipinski definition) is 1. The van der Waals surface area contributed by atoms with Crippen LogP contribution in [0.4, 0.5) is 5.69 Å². The van der Waals surface area contributed by atoms with Gasteiger partial charge in [-0.2, -0.15) is 10.2 Å². The molecule has 2 aliphatic rings. The van der Waals surface area contributed by atoms with Crippen molar-refractivity contribution in [2.45, 2.75) is 25.4 Å². The highest BCUT2D eigenvalue weighted by Crippen LogP contribution is 2.23. The number of hydrogen-bond acceptors (Lipinski definition) is 6. The number of rotatable bonds is 4. The average molecular weight is 394 g/mol.